The Balaban J connectivity index is 2.68. The van der Waals surface area contributed by atoms with Crippen LogP contribution in [0.15, 0.2) is 24.4 Å². The summed E-state index contributed by atoms with van der Waals surface area (Å²) in [7, 11) is 0. The minimum atomic E-state index is 0.184. The normalized spacial score (nSPS) is 9.94. The Labute approximate surface area is 104 Å². The van der Waals surface area contributed by atoms with Gasteiger partial charge >= 0.3 is 0 Å². The highest BCUT2D eigenvalue weighted by Crippen LogP contribution is 2.29. The molecule has 0 aliphatic rings. The second-order valence-corrected chi connectivity index (χ2v) is 3.97. The Morgan fingerprint density at radius 2 is 2.18 bits per heavy atom. The van der Waals surface area contributed by atoms with Crippen LogP contribution in [0.2, 0.25) is 5.02 Å². The number of anilines is 1. The second kappa shape index (κ2) is 4.40. The lowest BCUT2D eigenvalue weighted by Crippen LogP contribution is -1.98. The molecule has 2 aromatic rings. The molecular weight excluding hydrogens is 236 g/mol. The molecular formula is C12H9ClN4. The topological polar surface area (TPSA) is 75.6 Å². The van der Waals surface area contributed by atoms with E-state index in [1.165, 1.54) is 0 Å². The molecule has 1 heterocycles. The molecule has 84 valence electrons. The fraction of sp³-hybridized carbons (Fsp3) is 0.0833. The van der Waals surface area contributed by atoms with E-state index >= 15 is 0 Å². The number of hydrogen-bond donors (Lipinski definition) is 1. The number of halogens is 1. The molecule has 17 heavy (non-hydrogen) atoms. The first-order valence-corrected chi connectivity index (χ1v) is 5.28. The van der Waals surface area contributed by atoms with Gasteiger partial charge in [-0.05, 0) is 30.7 Å². The van der Waals surface area contributed by atoms with Crippen molar-refractivity contribution in [2.45, 2.75) is 6.92 Å². The largest absolute Gasteiger partial charge is 0.368 e. The van der Waals surface area contributed by atoms with Crippen LogP contribution in [-0.4, -0.2) is 9.97 Å². The number of benzene rings is 1. The van der Waals surface area contributed by atoms with E-state index in [0.717, 1.165) is 5.56 Å². The fourth-order valence-corrected chi connectivity index (χ4v) is 1.71. The molecule has 5 heteroatoms. The molecule has 0 unspecified atom stereocenters. The van der Waals surface area contributed by atoms with E-state index in [9.17, 15) is 0 Å². The average molecular weight is 245 g/mol. The van der Waals surface area contributed by atoms with E-state index in [1.807, 2.05) is 6.92 Å². The van der Waals surface area contributed by atoms with Crippen molar-refractivity contribution in [2.24, 2.45) is 0 Å². The first-order chi connectivity index (χ1) is 8.11. The van der Waals surface area contributed by atoms with E-state index in [0.29, 0.717) is 21.8 Å². The maximum absolute atomic E-state index is 8.87. The summed E-state index contributed by atoms with van der Waals surface area (Å²) in [5.41, 5.74) is 8.29. The van der Waals surface area contributed by atoms with Crippen LogP contribution >= 0.6 is 11.6 Å². The van der Waals surface area contributed by atoms with E-state index in [4.69, 9.17) is 22.6 Å². The Hall–Kier alpha value is -2.12. The molecule has 1 aromatic carbocycles. The molecule has 2 N–H and O–H groups in total. The Bertz CT molecular complexity index is 616. The molecule has 0 spiro atoms. The molecule has 0 aliphatic heterocycles. The highest BCUT2D eigenvalue weighted by atomic mass is 35.5. The van der Waals surface area contributed by atoms with Gasteiger partial charge in [-0.3, -0.25) is 0 Å². The maximum Gasteiger partial charge on any atom is 0.220 e. The predicted octanol–water partition coefficient (Wildman–Crippen LogP) is 2.56. The number of nitriles is 1. The Kier molecular flexibility index (Phi) is 2.94. The molecule has 0 amide bonds. The number of aromatic nitrogens is 2. The van der Waals surface area contributed by atoms with Gasteiger partial charge < -0.3 is 5.73 Å². The molecule has 0 aliphatic carbocycles. The molecule has 0 saturated carbocycles. The van der Waals surface area contributed by atoms with Crippen molar-refractivity contribution < 1.29 is 0 Å². The van der Waals surface area contributed by atoms with Crippen LogP contribution in [0.1, 0.15) is 11.1 Å². The molecule has 1 aromatic heterocycles. The lowest BCUT2D eigenvalue weighted by Gasteiger charge is -2.07. The van der Waals surface area contributed by atoms with E-state index in [2.05, 4.69) is 16.0 Å². The molecule has 0 saturated heterocycles. The third-order valence-corrected chi connectivity index (χ3v) is 2.67. The van der Waals surface area contributed by atoms with Gasteiger partial charge in [0.25, 0.3) is 0 Å². The molecule has 4 nitrogen and oxygen atoms in total. The number of aryl methyl sites for hydroxylation is 1. The van der Waals surface area contributed by atoms with E-state index < -0.39 is 0 Å². The summed E-state index contributed by atoms with van der Waals surface area (Å²) in [6.07, 6.45) is 1.63. The standard InChI is InChI=1S/C12H9ClN4/c1-7-6-16-12(15)17-11(7)9-4-8(5-14)2-3-10(9)13/h2-4,6H,1H3,(H2,15,16,17). The van der Waals surface area contributed by atoms with Crippen LogP contribution in [-0.2, 0) is 0 Å². The van der Waals surface area contributed by atoms with Crippen molar-refractivity contribution in [2.75, 3.05) is 5.73 Å². The van der Waals surface area contributed by atoms with Crippen LogP contribution in [0.5, 0.6) is 0 Å². The summed E-state index contributed by atoms with van der Waals surface area (Å²) < 4.78 is 0. The molecule has 0 bridgehead atoms. The molecule has 2 rings (SSSR count). The van der Waals surface area contributed by atoms with Crippen LogP contribution in [0.3, 0.4) is 0 Å². The van der Waals surface area contributed by atoms with Gasteiger partial charge in [-0.2, -0.15) is 5.26 Å². The Morgan fingerprint density at radius 1 is 1.41 bits per heavy atom. The number of nitrogens with zero attached hydrogens (tertiary/aromatic N) is 3. The third-order valence-electron chi connectivity index (χ3n) is 2.34. The van der Waals surface area contributed by atoms with E-state index in [1.54, 1.807) is 24.4 Å². The van der Waals surface area contributed by atoms with E-state index in [-0.39, 0.29) is 5.95 Å². The summed E-state index contributed by atoms with van der Waals surface area (Å²) in [6, 6.07) is 7.09. The van der Waals surface area contributed by atoms with Gasteiger partial charge in [0, 0.05) is 11.8 Å². The van der Waals surface area contributed by atoms with Crippen molar-refractivity contribution >= 4 is 17.5 Å². The first-order valence-electron chi connectivity index (χ1n) is 4.91. The SMILES string of the molecule is Cc1cnc(N)nc1-c1cc(C#N)ccc1Cl. The number of hydrogen-bond acceptors (Lipinski definition) is 4. The van der Waals surface area contributed by atoms with Crippen LogP contribution in [0, 0.1) is 18.3 Å². The van der Waals surface area contributed by atoms with Gasteiger partial charge in [0.1, 0.15) is 0 Å². The predicted molar refractivity (Wildman–Crippen MR) is 66.3 cm³/mol. The van der Waals surface area contributed by atoms with Crippen LogP contribution in [0.25, 0.3) is 11.3 Å². The monoisotopic (exact) mass is 244 g/mol. The zero-order chi connectivity index (χ0) is 12.4. The van der Waals surface area contributed by atoms with Gasteiger partial charge in [-0.1, -0.05) is 11.6 Å². The lowest BCUT2D eigenvalue weighted by molar-refractivity contribution is 1.15. The summed E-state index contributed by atoms with van der Waals surface area (Å²) in [4.78, 5) is 8.05. The lowest BCUT2D eigenvalue weighted by atomic mass is 10.1. The second-order valence-electron chi connectivity index (χ2n) is 3.57. The summed E-state index contributed by atoms with van der Waals surface area (Å²) in [5, 5.41) is 9.41. The van der Waals surface area contributed by atoms with Gasteiger partial charge in [0.2, 0.25) is 5.95 Å². The minimum Gasteiger partial charge on any atom is -0.368 e. The summed E-state index contributed by atoms with van der Waals surface area (Å²) in [5.74, 6) is 0.184. The quantitative estimate of drug-likeness (QED) is 0.837. The summed E-state index contributed by atoms with van der Waals surface area (Å²) >= 11 is 6.10. The maximum atomic E-state index is 8.87. The molecule has 0 radical (unpaired) electrons. The van der Waals surface area contributed by atoms with Gasteiger partial charge in [-0.25, -0.2) is 9.97 Å². The van der Waals surface area contributed by atoms with Crippen molar-refractivity contribution in [3.63, 3.8) is 0 Å². The number of nitrogen functional groups attached to an aromatic ring is 1. The average Bonchev–Trinajstić information content (AvgIpc) is 2.33. The van der Waals surface area contributed by atoms with Crippen molar-refractivity contribution in [3.05, 3.63) is 40.5 Å². The van der Waals surface area contributed by atoms with Gasteiger partial charge in [-0.15, -0.1) is 0 Å². The van der Waals surface area contributed by atoms with Crippen LogP contribution in [0.4, 0.5) is 5.95 Å². The third kappa shape index (κ3) is 2.19. The van der Waals surface area contributed by atoms with Crippen molar-refractivity contribution in [1.29, 1.82) is 5.26 Å². The molecule has 0 atom stereocenters. The zero-order valence-corrected chi connectivity index (χ0v) is 9.86. The summed E-state index contributed by atoms with van der Waals surface area (Å²) in [6.45, 7) is 1.87. The first kappa shape index (κ1) is 11.4. The number of nitrogens with two attached hydrogens (primary N) is 1. The van der Waals surface area contributed by atoms with Crippen molar-refractivity contribution in [3.8, 4) is 17.3 Å². The minimum absolute atomic E-state index is 0.184. The Morgan fingerprint density at radius 3 is 2.88 bits per heavy atom. The molecule has 0 fully saturated rings. The highest BCUT2D eigenvalue weighted by molar-refractivity contribution is 6.33. The zero-order valence-electron chi connectivity index (χ0n) is 9.11. The smallest absolute Gasteiger partial charge is 0.220 e. The number of rotatable bonds is 1. The highest BCUT2D eigenvalue weighted by Gasteiger charge is 2.10. The van der Waals surface area contributed by atoms with Crippen LogP contribution < -0.4 is 5.73 Å². The van der Waals surface area contributed by atoms with Gasteiger partial charge in [0.05, 0.1) is 22.3 Å². The fourth-order valence-electron chi connectivity index (χ4n) is 1.50. The van der Waals surface area contributed by atoms with Gasteiger partial charge in [0.15, 0.2) is 0 Å². The van der Waals surface area contributed by atoms with Crippen molar-refractivity contribution in [1.82, 2.24) is 9.97 Å².